The van der Waals surface area contributed by atoms with Crippen LogP contribution in [0.15, 0.2) is 0 Å². The highest BCUT2D eigenvalue weighted by atomic mass is 16.3. The van der Waals surface area contributed by atoms with Gasteiger partial charge in [-0.15, -0.1) is 0 Å². The Bertz CT molecular complexity index is 128. The van der Waals surface area contributed by atoms with Crippen molar-refractivity contribution in [1.29, 1.82) is 0 Å². The number of hydrogen-bond donors (Lipinski definition) is 1. The van der Waals surface area contributed by atoms with E-state index in [-0.39, 0.29) is 0 Å². The average molecular weight is 172 g/mol. The minimum atomic E-state index is 0.300. The van der Waals surface area contributed by atoms with Crippen LogP contribution < -0.4 is 0 Å². The second-order valence-electron chi connectivity index (χ2n) is 3.94. The number of aliphatic hydroxyl groups is 1. The van der Waals surface area contributed by atoms with Crippen molar-refractivity contribution in [2.75, 3.05) is 46.9 Å². The molecule has 0 spiro atoms. The molecule has 1 rings (SSSR count). The summed E-state index contributed by atoms with van der Waals surface area (Å²) in [6.07, 6.45) is 1.29. The van der Waals surface area contributed by atoms with Gasteiger partial charge in [0.25, 0.3) is 0 Å². The smallest absolute Gasteiger partial charge is 0.0558 e. The Kier molecular flexibility index (Phi) is 3.98. The Balaban J connectivity index is 2.16. The largest absolute Gasteiger partial charge is 0.395 e. The van der Waals surface area contributed by atoms with Gasteiger partial charge in [0.2, 0.25) is 0 Å². The van der Waals surface area contributed by atoms with Gasteiger partial charge in [-0.2, -0.15) is 0 Å². The molecule has 0 saturated carbocycles. The topological polar surface area (TPSA) is 26.7 Å². The van der Waals surface area contributed by atoms with Gasteiger partial charge in [-0.05, 0) is 33.0 Å². The maximum atomic E-state index is 8.74. The Morgan fingerprint density at radius 3 is 2.83 bits per heavy atom. The van der Waals surface area contributed by atoms with Crippen molar-refractivity contribution < 1.29 is 5.11 Å². The number of nitrogens with zero attached hydrogens (tertiary/aromatic N) is 2. The molecular weight excluding hydrogens is 152 g/mol. The van der Waals surface area contributed by atoms with Crippen LogP contribution in [-0.4, -0.2) is 61.8 Å². The van der Waals surface area contributed by atoms with Crippen molar-refractivity contribution in [2.45, 2.75) is 6.42 Å². The molecule has 1 heterocycles. The van der Waals surface area contributed by atoms with Gasteiger partial charge in [-0.3, -0.25) is 0 Å². The lowest BCUT2D eigenvalue weighted by atomic mass is 10.1. The molecule has 3 heteroatoms. The Morgan fingerprint density at radius 1 is 1.50 bits per heavy atom. The molecule has 0 bridgehead atoms. The van der Waals surface area contributed by atoms with Crippen LogP contribution in [0.5, 0.6) is 0 Å². The maximum absolute atomic E-state index is 8.74. The fraction of sp³-hybridized carbons (Fsp3) is 1.00. The molecule has 1 fully saturated rings. The monoisotopic (exact) mass is 172 g/mol. The molecule has 0 radical (unpaired) electrons. The standard InChI is InChI=1S/C9H20N2O/c1-10(2)7-9-3-4-11(8-9)5-6-12/h9,12H,3-8H2,1-2H3/t9-/m0/s1. The first-order valence-electron chi connectivity index (χ1n) is 4.70. The molecule has 1 aliphatic heterocycles. The van der Waals surface area contributed by atoms with Gasteiger partial charge in [0, 0.05) is 19.6 Å². The molecule has 0 aromatic rings. The summed E-state index contributed by atoms with van der Waals surface area (Å²) in [6, 6.07) is 0. The molecule has 12 heavy (non-hydrogen) atoms. The van der Waals surface area contributed by atoms with Crippen LogP contribution in [-0.2, 0) is 0 Å². The van der Waals surface area contributed by atoms with E-state index in [2.05, 4.69) is 23.9 Å². The third kappa shape index (κ3) is 3.09. The summed E-state index contributed by atoms with van der Waals surface area (Å²) in [6.45, 7) is 4.67. The van der Waals surface area contributed by atoms with Crippen molar-refractivity contribution >= 4 is 0 Å². The second-order valence-corrected chi connectivity index (χ2v) is 3.94. The highest BCUT2D eigenvalue weighted by Crippen LogP contribution is 2.15. The van der Waals surface area contributed by atoms with E-state index in [0.717, 1.165) is 12.5 Å². The molecule has 1 saturated heterocycles. The first-order chi connectivity index (χ1) is 5.72. The van der Waals surface area contributed by atoms with Crippen LogP contribution in [0.4, 0.5) is 0 Å². The van der Waals surface area contributed by atoms with Crippen molar-refractivity contribution in [1.82, 2.24) is 9.80 Å². The second kappa shape index (κ2) is 4.80. The van der Waals surface area contributed by atoms with E-state index in [9.17, 15) is 0 Å². The molecule has 1 atom stereocenters. The lowest BCUT2D eigenvalue weighted by Gasteiger charge is -2.17. The summed E-state index contributed by atoms with van der Waals surface area (Å²) in [5, 5.41) is 8.74. The molecular formula is C9H20N2O. The number of rotatable bonds is 4. The van der Waals surface area contributed by atoms with Gasteiger partial charge in [0.15, 0.2) is 0 Å². The van der Waals surface area contributed by atoms with Gasteiger partial charge < -0.3 is 14.9 Å². The number of hydrogen-bond acceptors (Lipinski definition) is 3. The summed E-state index contributed by atoms with van der Waals surface area (Å²) in [5.41, 5.74) is 0. The van der Waals surface area contributed by atoms with E-state index in [0.29, 0.717) is 6.61 Å². The van der Waals surface area contributed by atoms with Crippen LogP contribution in [0.1, 0.15) is 6.42 Å². The van der Waals surface area contributed by atoms with Gasteiger partial charge in [0.1, 0.15) is 0 Å². The van der Waals surface area contributed by atoms with Gasteiger partial charge in [0.05, 0.1) is 6.61 Å². The van der Waals surface area contributed by atoms with Gasteiger partial charge >= 0.3 is 0 Å². The molecule has 72 valence electrons. The number of aliphatic hydroxyl groups excluding tert-OH is 1. The highest BCUT2D eigenvalue weighted by Gasteiger charge is 2.21. The van der Waals surface area contributed by atoms with Crippen molar-refractivity contribution in [2.24, 2.45) is 5.92 Å². The molecule has 0 aromatic heterocycles. The lowest BCUT2D eigenvalue weighted by Crippen LogP contribution is -2.27. The van der Waals surface area contributed by atoms with Gasteiger partial charge in [-0.25, -0.2) is 0 Å². The van der Waals surface area contributed by atoms with E-state index in [1.165, 1.54) is 26.1 Å². The summed E-state index contributed by atoms with van der Waals surface area (Å²) < 4.78 is 0. The Hall–Kier alpha value is -0.120. The van der Waals surface area contributed by atoms with Crippen LogP contribution in [0.25, 0.3) is 0 Å². The summed E-state index contributed by atoms with van der Waals surface area (Å²) in [7, 11) is 4.24. The fourth-order valence-corrected chi connectivity index (χ4v) is 1.92. The van der Waals surface area contributed by atoms with Crippen LogP contribution in [0, 0.1) is 5.92 Å². The minimum Gasteiger partial charge on any atom is -0.395 e. The van der Waals surface area contributed by atoms with E-state index >= 15 is 0 Å². The zero-order chi connectivity index (χ0) is 8.97. The normalized spacial score (nSPS) is 25.5. The SMILES string of the molecule is CN(C)C[C@@H]1CCN(CCO)C1. The van der Waals surface area contributed by atoms with Gasteiger partial charge in [-0.1, -0.05) is 0 Å². The predicted molar refractivity (Wildman–Crippen MR) is 50.2 cm³/mol. The predicted octanol–water partition coefficient (Wildman–Crippen LogP) is -0.138. The van der Waals surface area contributed by atoms with Crippen molar-refractivity contribution in [3.05, 3.63) is 0 Å². The first kappa shape index (κ1) is 9.96. The third-order valence-electron chi connectivity index (χ3n) is 2.41. The minimum absolute atomic E-state index is 0.300. The summed E-state index contributed by atoms with van der Waals surface area (Å²) >= 11 is 0. The van der Waals surface area contributed by atoms with Crippen LogP contribution in [0.2, 0.25) is 0 Å². The Labute approximate surface area is 75.0 Å². The van der Waals surface area contributed by atoms with Crippen molar-refractivity contribution in [3.63, 3.8) is 0 Å². The molecule has 1 N–H and O–H groups in total. The van der Waals surface area contributed by atoms with E-state index in [1.54, 1.807) is 0 Å². The highest BCUT2D eigenvalue weighted by molar-refractivity contribution is 4.76. The van der Waals surface area contributed by atoms with E-state index in [1.807, 2.05) is 0 Å². The maximum Gasteiger partial charge on any atom is 0.0558 e. The number of β-amino-alcohol motifs (C(OH)–C–C–N with tert-alkyl or cyclic N) is 1. The van der Waals surface area contributed by atoms with E-state index < -0.39 is 0 Å². The average Bonchev–Trinajstić information content (AvgIpc) is 2.36. The molecule has 1 aliphatic rings. The van der Waals surface area contributed by atoms with Crippen molar-refractivity contribution in [3.8, 4) is 0 Å². The summed E-state index contributed by atoms with van der Waals surface area (Å²) in [5.74, 6) is 0.812. The summed E-state index contributed by atoms with van der Waals surface area (Å²) in [4.78, 5) is 4.58. The first-order valence-corrected chi connectivity index (χ1v) is 4.70. The zero-order valence-corrected chi connectivity index (χ0v) is 8.16. The third-order valence-corrected chi connectivity index (χ3v) is 2.41. The molecule has 0 unspecified atom stereocenters. The van der Waals surface area contributed by atoms with Crippen LogP contribution in [0.3, 0.4) is 0 Å². The molecule has 0 amide bonds. The lowest BCUT2D eigenvalue weighted by molar-refractivity contribution is 0.213. The molecule has 0 aliphatic carbocycles. The molecule has 0 aromatic carbocycles. The number of likely N-dealkylation sites (tertiary alicyclic amines) is 1. The van der Waals surface area contributed by atoms with E-state index in [4.69, 9.17) is 5.11 Å². The van der Waals surface area contributed by atoms with Crippen LogP contribution >= 0.6 is 0 Å². The fourth-order valence-electron chi connectivity index (χ4n) is 1.92. The zero-order valence-electron chi connectivity index (χ0n) is 8.16. The molecule has 3 nitrogen and oxygen atoms in total. The Morgan fingerprint density at radius 2 is 2.25 bits per heavy atom. The quantitative estimate of drug-likeness (QED) is 0.639.